The third kappa shape index (κ3) is 0.767. The van der Waals surface area contributed by atoms with Gasteiger partial charge < -0.3 is 9.47 Å². The second kappa shape index (κ2) is 1.67. The molecule has 0 saturated carbocycles. The van der Waals surface area contributed by atoms with Crippen molar-refractivity contribution >= 4 is 17.6 Å². The van der Waals surface area contributed by atoms with E-state index in [9.17, 15) is 4.79 Å². The van der Waals surface area contributed by atoms with Crippen molar-refractivity contribution in [1.29, 1.82) is 0 Å². The van der Waals surface area contributed by atoms with Gasteiger partial charge in [-0.2, -0.15) is 0 Å². The highest BCUT2D eigenvalue weighted by Crippen LogP contribution is 2.16. The van der Waals surface area contributed by atoms with Gasteiger partial charge in [-0.25, -0.2) is 4.79 Å². The third-order valence-electron chi connectivity index (χ3n) is 0.662. The van der Waals surface area contributed by atoms with Crippen molar-refractivity contribution in [3.05, 3.63) is 12.3 Å². The molecule has 0 N–H and O–H groups in total. The fraction of sp³-hybridized carbons (Fsp3) is 0.250. The van der Waals surface area contributed by atoms with Crippen LogP contribution in [0.3, 0.4) is 0 Å². The van der Waals surface area contributed by atoms with Crippen LogP contribution in [0.15, 0.2) is 12.3 Å². The monoisotopic (exact) mass is 134 g/mol. The maximum Gasteiger partial charge on any atom is 0.377 e. The summed E-state index contributed by atoms with van der Waals surface area (Å²) in [7, 11) is 0. The van der Waals surface area contributed by atoms with Gasteiger partial charge in [0.15, 0.2) is 0 Å². The molecule has 8 heavy (non-hydrogen) atoms. The molecule has 44 valence electrons. The first-order valence-electron chi connectivity index (χ1n) is 1.91. The van der Waals surface area contributed by atoms with Gasteiger partial charge in [-0.15, -0.1) is 0 Å². The molecule has 0 aromatic heterocycles. The summed E-state index contributed by atoms with van der Waals surface area (Å²) in [5, 5.41) is 0. The van der Waals surface area contributed by atoms with Gasteiger partial charge in [-0.05, 0) is 18.2 Å². The van der Waals surface area contributed by atoms with E-state index < -0.39 is 11.7 Å². The average Bonchev–Trinajstić information content (AvgIpc) is 1.85. The van der Waals surface area contributed by atoms with Crippen LogP contribution in [0, 0.1) is 0 Å². The van der Waals surface area contributed by atoms with Gasteiger partial charge in [0.1, 0.15) is 0 Å². The lowest BCUT2D eigenvalue weighted by Gasteiger charge is -1.92. The summed E-state index contributed by atoms with van der Waals surface area (Å²) in [4.78, 5) is 10.3. The number of halogens is 1. The zero-order chi connectivity index (χ0) is 6.15. The van der Waals surface area contributed by atoms with Crippen molar-refractivity contribution in [1.82, 2.24) is 0 Å². The Kier molecular flexibility index (Phi) is 1.13. The highest BCUT2D eigenvalue weighted by molar-refractivity contribution is 6.20. The maximum absolute atomic E-state index is 10.3. The second-order valence-corrected chi connectivity index (χ2v) is 1.58. The Morgan fingerprint density at radius 2 is 2.25 bits per heavy atom. The average molecular weight is 135 g/mol. The van der Waals surface area contributed by atoms with E-state index in [2.05, 4.69) is 16.1 Å². The van der Waals surface area contributed by atoms with Crippen molar-refractivity contribution in [2.75, 3.05) is 0 Å². The highest BCUT2D eigenvalue weighted by Gasteiger charge is 2.26. The number of ether oxygens (including phenoxy) is 2. The molecule has 0 spiro atoms. The molecule has 1 fully saturated rings. The van der Waals surface area contributed by atoms with Crippen LogP contribution >= 0.6 is 11.6 Å². The number of cyclic esters (lactones) is 1. The number of carbonyl (C=O) groups is 1. The zero-order valence-electron chi connectivity index (χ0n) is 3.89. The molecule has 0 aromatic carbocycles. The standard InChI is InChI=1S/C4H3ClO3/c1-2-3(6)8-4(5)7-2/h4H,1H2. The normalized spacial score (nSPS) is 27.4. The molecule has 1 unspecified atom stereocenters. The van der Waals surface area contributed by atoms with Gasteiger partial charge in [0.2, 0.25) is 5.76 Å². The molecule has 0 bridgehead atoms. The molecule has 0 amide bonds. The Hall–Kier alpha value is -0.700. The van der Waals surface area contributed by atoms with Crippen LogP contribution in [0.2, 0.25) is 0 Å². The van der Waals surface area contributed by atoms with E-state index >= 15 is 0 Å². The minimum absolute atomic E-state index is 0.0370. The van der Waals surface area contributed by atoms with Gasteiger partial charge in [-0.3, -0.25) is 0 Å². The summed E-state index contributed by atoms with van der Waals surface area (Å²) in [5.74, 6) is -1.61. The van der Waals surface area contributed by atoms with Gasteiger partial charge in [0.05, 0.1) is 0 Å². The molecular weight excluding hydrogens is 131 g/mol. The maximum atomic E-state index is 10.3. The number of rotatable bonds is 0. The quantitative estimate of drug-likeness (QED) is 0.276. The zero-order valence-corrected chi connectivity index (χ0v) is 4.64. The molecule has 1 heterocycles. The molecule has 0 radical (unpaired) electrons. The lowest BCUT2D eigenvalue weighted by Crippen LogP contribution is -1.97. The van der Waals surface area contributed by atoms with Crippen LogP contribution in [0.1, 0.15) is 0 Å². The molecular formula is C4H3ClO3. The smallest absolute Gasteiger partial charge is 0.377 e. The number of esters is 1. The molecule has 1 atom stereocenters. The fourth-order valence-corrected chi connectivity index (χ4v) is 0.522. The predicted octanol–water partition coefficient (Wildman–Crippen LogP) is 0.596. The fourth-order valence-electron chi connectivity index (χ4n) is 0.334. The summed E-state index contributed by atoms with van der Waals surface area (Å²) in [6, 6.07) is 0. The Morgan fingerprint density at radius 1 is 1.62 bits per heavy atom. The Bertz CT molecular complexity index is 126. The lowest BCUT2D eigenvalue weighted by atomic mass is 10.6. The van der Waals surface area contributed by atoms with Crippen molar-refractivity contribution < 1.29 is 14.3 Å². The summed E-state index contributed by atoms with van der Waals surface area (Å²) in [6.07, 6.45) is 0. The number of carbonyl (C=O) groups excluding carboxylic acids is 1. The van der Waals surface area contributed by atoms with Gasteiger partial charge >= 0.3 is 11.7 Å². The van der Waals surface area contributed by atoms with E-state index in [1.54, 1.807) is 0 Å². The van der Waals surface area contributed by atoms with Crippen LogP contribution in [-0.2, 0) is 14.3 Å². The van der Waals surface area contributed by atoms with Crippen molar-refractivity contribution in [2.24, 2.45) is 0 Å². The molecule has 1 aliphatic rings. The van der Waals surface area contributed by atoms with Crippen LogP contribution in [0.5, 0.6) is 0 Å². The first kappa shape index (κ1) is 5.44. The van der Waals surface area contributed by atoms with Crippen molar-refractivity contribution in [3.63, 3.8) is 0 Å². The molecule has 4 heteroatoms. The number of alkyl halides is 1. The Morgan fingerprint density at radius 3 is 2.38 bits per heavy atom. The SMILES string of the molecule is C=C1OC(Cl)OC1=O. The van der Waals surface area contributed by atoms with Crippen LogP contribution in [0.4, 0.5) is 0 Å². The summed E-state index contributed by atoms with van der Waals surface area (Å²) >= 11 is 5.18. The number of hydrogen-bond donors (Lipinski definition) is 0. The van der Waals surface area contributed by atoms with E-state index in [0.717, 1.165) is 0 Å². The molecule has 0 aliphatic carbocycles. The largest absolute Gasteiger partial charge is 0.434 e. The van der Waals surface area contributed by atoms with Crippen molar-refractivity contribution in [2.45, 2.75) is 5.75 Å². The minimum Gasteiger partial charge on any atom is -0.434 e. The predicted molar refractivity (Wildman–Crippen MR) is 26.0 cm³/mol. The molecule has 1 saturated heterocycles. The van der Waals surface area contributed by atoms with E-state index in [1.807, 2.05) is 0 Å². The highest BCUT2D eigenvalue weighted by atomic mass is 35.5. The second-order valence-electron chi connectivity index (χ2n) is 1.22. The summed E-state index contributed by atoms with van der Waals surface area (Å²) in [6.45, 7) is 3.20. The molecule has 3 nitrogen and oxygen atoms in total. The van der Waals surface area contributed by atoms with E-state index in [-0.39, 0.29) is 5.76 Å². The van der Waals surface area contributed by atoms with Crippen LogP contribution in [0.25, 0.3) is 0 Å². The first-order valence-corrected chi connectivity index (χ1v) is 2.34. The van der Waals surface area contributed by atoms with Crippen LogP contribution in [-0.4, -0.2) is 11.7 Å². The van der Waals surface area contributed by atoms with Gasteiger partial charge in [0, 0.05) is 0 Å². The van der Waals surface area contributed by atoms with E-state index in [1.165, 1.54) is 0 Å². The molecule has 1 aliphatic heterocycles. The van der Waals surface area contributed by atoms with E-state index in [0.29, 0.717) is 0 Å². The van der Waals surface area contributed by atoms with E-state index in [4.69, 9.17) is 11.6 Å². The molecule has 1 rings (SSSR count). The summed E-state index contributed by atoms with van der Waals surface area (Å²) in [5.41, 5.74) is 0. The topological polar surface area (TPSA) is 35.5 Å². The minimum atomic E-state index is -0.977. The van der Waals surface area contributed by atoms with Gasteiger partial charge in [0.25, 0.3) is 0 Å². The lowest BCUT2D eigenvalue weighted by molar-refractivity contribution is -0.137. The number of hydrogen-bond acceptors (Lipinski definition) is 3. The Labute approximate surface area is 50.8 Å². The van der Waals surface area contributed by atoms with Crippen LogP contribution < -0.4 is 0 Å². The summed E-state index contributed by atoms with van der Waals surface area (Å²) < 4.78 is 8.75. The molecule has 0 aromatic rings. The van der Waals surface area contributed by atoms with Crippen molar-refractivity contribution in [3.8, 4) is 0 Å². The third-order valence-corrected chi connectivity index (χ3v) is 0.840. The first-order chi connectivity index (χ1) is 3.70. The van der Waals surface area contributed by atoms with Gasteiger partial charge in [-0.1, -0.05) is 0 Å². The Balaban J connectivity index is 2.64.